The fraction of sp³-hybridized carbons (Fsp3) is 0.296. The molecule has 3 aromatic rings. The van der Waals surface area contributed by atoms with Gasteiger partial charge in [-0.15, -0.1) is 0 Å². The maximum Gasteiger partial charge on any atom is 0.307 e. The van der Waals surface area contributed by atoms with Crippen LogP contribution >= 0.6 is 0 Å². The Kier molecular flexibility index (Phi) is 6.94. The molecule has 5 nitrogen and oxygen atoms in total. The fourth-order valence-corrected chi connectivity index (χ4v) is 4.31. The Balaban J connectivity index is 1.69. The number of carboxylic acids is 1. The third-order valence-electron chi connectivity index (χ3n) is 5.99. The molecule has 0 amide bonds. The van der Waals surface area contributed by atoms with Crippen molar-refractivity contribution in [1.29, 1.82) is 0 Å². The lowest BCUT2D eigenvalue weighted by Crippen LogP contribution is -2.18. The van der Waals surface area contributed by atoms with E-state index in [1.807, 2.05) is 24.3 Å². The molecular formula is C27H29FN2O3. The summed E-state index contributed by atoms with van der Waals surface area (Å²) in [6, 6.07) is 18.1. The van der Waals surface area contributed by atoms with Crippen LogP contribution in [0.1, 0.15) is 42.5 Å². The lowest BCUT2D eigenvalue weighted by molar-refractivity contribution is -0.136. The molecule has 6 heteroatoms. The van der Waals surface area contributed by atoms with E-state index < -0.39 is 12.0 Å². The van der Waals surface area contributed by atoms with Gasteiger partial charge in [-0.25, -0.2) is 4.39 Å². The summed E-state index contributed by atoms with van der Waals surface area (Å²) in [5.41, 5.74) is 10.3. The van der Waals surface area contributed by atoms with Crippen molar-refractivity contribution in [2.45, 2.75) is 38.8 Å². The van der Waals surface area contributed by atoms with E-state index in [2.05, 4.69) is 11.0 Å². The van der Waals surface area contributed by atoms with Crippen molar-refractivity contribution in [3.63, 3.8) is 0 Å². The Morgan fingerprint density at radius 1 is 1.12 bits per heavy atom. The number of para-hydroxylation sites is 1. The van der Waals surface area contributed by atoms with Gasteiger partial charge >= 0.3 is 5.97 Å². The molecule has 1 atom stereocenters. The van der Waals surface area contributed by atoms with E-state index in [4.69, 9.17) is 10.5 Å². The van der Waals surface area contributed by atoms with Crippen LogP contribution in [0.2, 0.25) is 0 Å². The van der Waals surface area contributed by atoms with E-state index in [0.717, 1.165) is 42.7 Å². The molecule has 4 rings (SSSR count). The van der Waals surface area contributed by atoms with Crippen LogP contribution in [0, 0.1) is 5.82 Å². The van der Waals surface area contributed by atoms with E-state index in [1.54, 1.807) is 37.3 Å². The Morgan fingerprint density at radius 3 is 2.61 bits per heavy atom. The number of carbonyl (C=O) groups is 1. The van der Waals surface area contributed by atoms with Crippen LogP contribution in [0.4, 0.5) is 10.1 Å². The van der Waals surface area contributed by atoms with E-state index >= 15 is 4.39 Å². The summed E-state index contributed by atoms with van der Waals surface area (Å²) in [6.07, 6.45) is 2.16. The highest BCUT2D eigenvalue weighted by molar-refractivity contribution is 5.72. The molecule has 0 aromatic heterocycles. The van der Waals surface area contributed by atoms with Crippen LogP contribution < -0.4 is 15.4 Å². The molecule has 1 aliphatic rings. The molecular weight excluding hydrogens is 419 g/mol. The first kappa shape index (κ1) is 22.8. The number of halogens is 1. The smallest absolute Gasteiger partial charge is 0.307 e. The van der Waals surface area contributed by atoms with Crippen molar-refractivity contribution in [3.05, 3.63) is 83.2 Å². The zero-order chi connectivity index (χ0) is 23.4. The first-order valence-electron chi connectivity index (χ1n) is 11.3. The van der Waals surface area contributed by atoms with Crippen molar-refractivity contribution >= 4 is 11.7 Å². The number of benzene rings is 3. The number of rotatable bonds is 8. The van der Waals surface area contributed by atoms with Gasteiger partial charge in [-0.3, -0.25) is 4.79 Å². The van der Waals surface area contributed by atoms with Crippen LogP contribution in [0.25, 0.3) is 11.1 Å². The molecule has 0 spiro atoms. The van der Waals surface area contributed by atoms with Gasteiger partial charge in [-0.05, 0) is 55.2 Å². The van der Waals surface area contributed by atoms with E-state index in [9.17, 15) is 9.90 Å². The highest BCUT2D eigenvalue weighted by Crippen LogP contribution is 2.33. The van der Waals surface area contributed by atoms with Crippen LogP contribution in [0.15, 0.2) is 60.7 Å². The standard InChI is InChI=1S/C27H29FN2O3/c1-18(29)23-8-6-9-24(27(23)28)21-13-19(14-22(15-21)30-11-4-5-12-30)17-33-25-10-3-2-7-20(25)16-26(31)32/h2-3,6-10,13-15,18H,4-5,11-12,16-17,29H2,1H3,(H,31,32)/t18-/m1/s1. The minimum atomic E-state index is -0.908. The number of aliphatic carboxylic acids is 1. The average molecular weight is 449 g/mol. The molecule has 1 heterocycles. The Hall–Kier alpha value is -3.38. The first-order chi connectivity index (χ1) is 15.9. The number of carboxylic acid groups (broad SMARTS) is 1. The van der Waals surface area contributed by atoms with Crippen LogP contribution in [0.5, 0.6) is 5.75 Å². The molecule has 0 bridgehead atoms. The highest BCUT2D eigenvalue weighted by Gasteiger charge is 2.18. The molecule has 3 N–H and O–H groups in total. The van der Waals surface area contributed by atoms with Crippen molar-refractivity contribution in [2.24, 2.45) is 5.73 Å². The molecule has 1 saturated heterocycles. The Bertz CT molecular complexity index is 1140. The van der Waals surface area contributed by atoms with Crippen molar-refractivity contribution in [1.82, 2.24) is 0 Å². The van der Waals surface area contributed by atoms with Crippen LogP contribution in [-0.4, -0.2) is 24.2 Å². The van der Waals surface area contributed by atoms with Crippen molar-refractivity contribution < 1.29 is 19.0 Å². The summed E-state index contributed by atoms with van der Waals surface area (Å²) in [5, 5.41) is 9.18. The van der Waals surface area contributed by atoms with Gasteiger partial charge in [-0.1, -0.05) is 36.4 Å². The maximum atomic E-state index is 15.3. The second-order valence-corrected chi connectivity index (χ2v) is 8.55. The highest BCUT2D eigenvalue weighted by atomic mass is 19.1. The molecule has 33 heavy (non-hydrogen) atoms. The summed E-state index contributed by atoms with van der Waals surface area (Å²) in [7, 11) is 0. The van der Waals surface area contributed by atoms with Gasteiger partial charge in [0.1, 0.15) is 18.2 Å². The lowest BCUT2D eigenvalue weighted by Gasteiger charge is -2.21. The average Bonchev–Trinajstić information content (AvgIpc) is 3.33. The predicted octanol–water partition coefficient (Wildman–Crippen LogP) is 5.32. The summed E-state index contributed by atoms with van der Waals surface area (Å²) in [5.74, 6) is -0.670. The zero-order valence-corrected chi connectivity index (χ0v) is 18.8. The number of anilines is 1. The second-order valence-electron chi connectivity index (χ2n) is 8.55. The van der Waals surface area contributed by atoms with Gasteiger partial charge in [0, 0.05) is 41.5 Å². The van der Waals surface area contributed by atoms with Gasteiger partial charge in [-0.2, -0.15) is 0 Å². The maximum absolute atomic E-state index is 15.3. The number of nitrogens with zero attached hydrogens (tertiary/aromatic N) is 1. The molecule has 0 unspecified atom stereocenters. The first-order valence-corrected chi connectivity index (χ1v) is 11.3. The minimum absolute atomic E-state index is 0.107. The Labute approximate surface area is 193 Å². The Morgan fingerprint density at radius 2 is 1.88 bits per heavy atom. The molecule has 1 aliphatic heterocycles. The molecule has 0 aliphatic carbocycles. The number of hydrogen-bond acceptors (Lipinski definition) is 4. The SMILES string of the molecule is C[C@@H](N)c1cccc(-c2cc(COc3ccccc3CC(=O)O)cc(N3CCCC3)c2)c1F. The topological polar surface area (TPSA) is 75.8 Å². The third kappa shape index (κ3) is 5.34. The molecule has 172 valence electrons. The molecule has 0 saturated carbocycles. The summed E-state index contributed by atoms with van der Waals surface area (Å²) < 4.78 is 21.3. The second kappa shape index (κ2) is 10.0. The van der Waals surface area contributed by atoms with Gasteiger partial charge in [0.15, 0.2) is 0 Å². The van der Waals surface area contributed by atoms with Crippen molar-refractivity contribution in [3.8, 4) is 16.9 Å². The fourth-order valence-electron chi connectivity index (χ4n) is 4.31. The molecule has 0 radical (unpaired) electrons. The van der Waals surface area contributed by atoms with Crippen molar-refractivity contribution in [2.75, 3.05) is 18.0 Å². The van der Waals surface area contributed by atoms with Gasteiger partial charge in [0.25, 0.3) is 0 Å². The van der Waals surface area contributed by atoms with E-state index in [1.165, 1.54) is 0 Å². The van der Waals surface area contributed by atoms with Crippen LogP contribution in [0.3, 0.4) is 0 Å². The predicted molar refractivity (Wildman–Crippen MR) is 128 cm³/mol. The van der Waals surface area contributed by atoms with Gasteiger partial charge in [0.2, 0.25) is 0 Å². The summed E-state index contributed by atoms with van der Waals surface area (Å²) in [6.45, 7) is 3.96. The minimum Gasteiger partial charge on any atom is -0.489 e. The normalized spacial score (nSPS) is 14.3. The largest absolute Gasteiger partial charge is 0.489 e. The number of hydrogen-bond donors (Lipinski definition) is 2. The van der Waals surface area contributed by atoms with E-state index in [0.29, 0.717) is 22.4 Å². The van der Waals surface area contributed by atoms with E-state index in [-0.39, 0.29) is 18.8 Å². The summed E-state index contributed by atoms with van der Waals surface area (Å²) in [4.78, 5) is 13.5. The number of ether oxygens (including phenoxy) is 1. The van der Waals surface area contributed by atoms with Gasteiger partial charge < -0.3 is 20.5 Å². The lowest BCUT2D eigenvalue weighted by atomic mass is 9.97. The molecule has 1 fully saturated rings. The monoisotopic (exact) mass is 448 g/mol. The molecule has 3 aromatic carbocycles. The number of nitrogens with two attached hydrogens (primary N) is 1. The zero-order valence-electron chi connectivity index (χ0n) is 18.8. The third-order valence-corrected chi connectivity index (χ3v) is 5.99. The summed E-state index contributed by atoms with van der Waals surface area (Å²) >= 11 is 0. The van der Waals surface area contributed by atoms with Crippen LogP contribution in [-0.2, 0) is 17.8 Å². The quantitative estimate of drug-likeness (QED) is 0.488. The van der Waals surface area contributed by atoms with Gasteiger partial charge in [0.05, 0.1) is 6.42 Å².